The van der Waals surface area contributed by atoms with Crippen LogP contribution in [0.4, 0.5) is 0 Å². The number of nitriles is 1. The topological polar surface area (TPSA) is 110 Å². The molecule has 4 rings (SSSR count). The van der Waals surface area contributed by atoms with Crippen molar-refractivity contribution in [2.24, 2.45) is 5.73 Å². The molecular weight excluding hydrogens is 340 g/mol. The summed E-state index contributed by atoms with van der Waals surface area (Å²) in [6, 6.07) is 7.41. The third kappa shape index (κ3) is 3.23. The fourth-order valence-electron chi connectivity index (χ4n) is 3.06. The quantitative estimate of drug-likeness (QED) is 0.702. The number of carbonyl (C=O) groups is 1. The first-order valence-corrected chi connectivity index (χ1v) is 8.84. The van der Waals surface area contributed by atoms with E-state index >= 15 is 0 Å². The Hall–Kier alpha value is -3.37. The van der Waals surface area contributed by atoms with Gasteiger partial charge in [-0.1, -0.05) is 0 Å². The Bertz CT molecular complexity index is 1030. The Labute approximate surface area is 156 Å². The predicted molar refractivity (Wildman–Crippen MR) is 98.6 cm³/mol. The van der Waals surface area contributed by atoms with Crippen LogP contribution in [0.15, 0.2) is 43.0 Å². The lowest BCUT2D eigenvalue weighted by molar-refractivity contribution is 0.103. The number of aromatic nitrogens is 4. The average molecular weight is 358 g/mol. The first-order chi connectivity index (χ1) is 13.2. The second kappa shape index (κ2) is 7.09. The van der Waals surface area contributed by atoms with Crippen molar-refractivity contribution in [3.63, 3.8) is 0 Å². The van der Waals surface area contributed by atoms with E-state index in [1.807, 2.05) is 4.68 Å². The van der Waals surface area contributed by atoms with E-state index in [-0.39, 0.29) is 5.78 Å². The molecule has 0 aliphatic heterocycles. The lowest BCUT2D eigenvalue weighted by Gasteiger charge is -2.25. The number of nitrogens with zero attached hydrogens (tertiary/aromatic N) is 5. The maximum absolute atomic E-state index is 13.1. The van der Waals surface area contributed by atoms with Crippen LogP contribution in [0.1, 0.15) is 52.4 Å². The van der Waals surface area contributed by atoms with Gasteiger partial charge in [-0.2, -0.15) is 10.4 Å². The van der Waals surface area contributed by atoms with Crippen molar-refractivity contribution in [1.29, 1.82) is 5.26 Å². The van der Waals surface area contributed by atoms with Gasteiger partial charge in [-0.3, -0.25) is 9.48 Å². The summed E-state index contributed by atoms with van der Waals surface area (Å²) in [6.45, 7) is 0.347. The molecule has 0 bridgehead atoms. The highest BCUT2D eigenvalue weighted by Crippen LogP contribution is 2.31. The fourth-order valence-corrected chi connectivity index (χ4v) is 3.06. The molecule has 2 heterocycles. The van der Waals surface area contributed by atoms with Gasteiger partial charge >= 0.3 is 0 Å². The van der Waals surface area contributed by atoms with Crippen molar-refractivity contribution in [2.75, 3.05) is 0 Å². The molecule has 1 saturated carbocycles. The first kappa shape index (κ1) is 17.1. The maximum Gasteiger partial charge on any atom is 0.196 e. The van der Waals surface area contributed by atoms with Gasteiger partial charge < -0.3 is 5.73 Å². The van der Waals surface area contributed by atoms with E-state index in [1.165, 1.54) is 6.42 Å². The number of rotatable bonds is 5. The van der Waals surface area contributed by atoms with E-state index in [9.17, 15) is 10.1 Å². The largest absolute Gasteiger partial charge is 0.326 e. The number of carbonyl (C=O) groups excluding carboxylic acids is 1. The standard InChI is InChI=1S/C20H18N6O/c21-7-13-4-5-17(20-23-9-14(8-22)10-24-20)18(6-13)19(27)15-11-25-26(12-15)16-2-1-3-16/h4-6,9-12,16H,1-3,8,22H2. The van der Waals surface area contributed by atoms with Gasteiger partial charge in [0.1, 0.15) is 0 Å². The van der Waals surface area contributed by atoms with E-state index in [2.05, 4.69) is 21.1 Å². The minimum Gasteiger partial charge on any atom is -0.326 e. The summed E-state index contributed by atoms with van der Waals surface area (Å²) in [5, 5.41) is 13.6. The molecule has 134 valence electrons. The zero-order valence-electron chi connectivity index (χ0n) is 14.7. The molecule has 0 unspecified atom stereocenters. The highest BCUT2D eigenvalue weighted by molar-refractivity contribution is 6.12. The van der Waals surface area contributed by atoms with Crippen LogP contribution in [0.3, 0.4) is 0 Å². The summed E-state index contributed by atoms with van der Waals surface area (Å²) in [5.41, 5.74) is 8.28. The van der Waals surface area contributed by atoms with Gasteiger partial charge in [0.25, 0.3) is 0 Å². The van der Waals surface area contributed by atoms with Crippen LogP contribution < -0.4 is 5.73 Å². The second-order valence-electron chi connectivity index (χ2n) is 6.61. The molecule has 2 aromatic heterocycles. The van der Waals surface area contributed by atoms with Crippen molar-refractivity contribution < 1.29 is 4.79 Å². The summed E-state index contributed by atoms with van der Waals surface area (Å²) in [7, 11) is 0. The summed E-state index contributed by atoms with van der Waals surface area (Å²) < 4.78 is 1.86. The van der Waals surface area contributed by atoms with Crippen LogP contribution in [-0.4, -0.2) is 25.5 Å². The van der Waals surface area contributed by atoms with Crippen molar-refractivity contribution in [3.05, 3.63) is 65.2 Å². The van der Waals surface area contributed by atoms with Gasteiger partial charge in [0.15, 0.2) is 11.6 Å². The van der Waals surface area contributed by atoms with Gasteiger partial charge in [-0.25, -0.2) is 9.97 Å². The van der Waals surface area contributed by atoms with Gasteiger partial charge in [0, 0.05) is 41.8 Å². The number of hydrogen-bond acceptors (Lipinski definition) is 6. The van der Waals surface area contributed by atoms with Crippen molar-refractivity contribution in [3.8, 4) is 17.5 Å². The summed E-state index contributed by atoms with van der Waals surface area (Å²) >= 11 is 0. The Morgan fingerprint density at radius 1 is 1.26 bits per heavy atom. The van der Waals surface area contributed by atoms with Gasteiger partial charge in [0.2, 0.25) is 0 Å². The normalized spacial score (nSPS) is 13.8. The molecule has 1 aliphatic carbocycles. The molecule has 1 fully saturated rings. The Morgan fingerprint density at radius 2 is 2.04 bits per heavy atom. The van der Waals surface area contributed by atoms with Gasteiger partial charge in [-0.05, 0) is 37.5 Å². The molecule has 3 aromatic rings. The number of hydrogen-bond donors (Lipinski definition) is 1. The Kier molecular flexibility index (Phi) is 4.48. The van der Waals surface area contributed by atoms with Crippen molar-refractivity contribution in [2.45, 2.75) is 31.8 Å². The predicted octanol–water partition coefficient (Wildman–Crippen LogP) is 2.63. The molecule has 0 saturated heterocycles. The molecule has 0 spiro atoms. The van der Waals surface area contributed by atoms with Crippen molar-refractivity contribution >= 4 is 5.78 Å². The van der Waals surface area contributed by atoms with Crippen LogP contribution >= 0.6 is 0 Å². The minimum absolute atomic E-state index is 0.195. The molecule has 2 N–H and O–H groups in total. The molecular formula is C20H18N6O. The molecule has 1 aromatic carbocycles. The van der Waals surface area contributed by atoms with E-state index in [0.717, 1.165) is 18.4 Å². The van der Waals surface area contributed by atoms with Crippen LogP contribution in [0.5, 0.6) is 0 Å². The zero-order chi connectivity index (χ0) is 18.8. The van der Waals surface area contributed by atoms with Gasteiger partial charge in [0.05, 0.1) is 29.4 Å². The van der Waals surface area contributed by atoms with Crippen LogP contribution in [0.25, 0.3) is 11.4 Å². The summed E-state index contributed by atoms with van der Waals surface area (Å²) in [6.07, 6.45) is 10.0. The zero-order valence-corrected chi connectivity index (χ0v) is 14.7. The van der Waals surface area contributed by atoms with E-state index in [0.29, 0.717) is 40.7 Å². The molecule has 1 aliphatic rings. The molecule has 0 amide bonds. The van der Waals surface area contributed by atoms with E-state index in [1.54, 1.807) is 43.0 Å². The number of nitrogens with two attached hydrogens (primary N) is 1. The fraction of sp³-hybridized carbons (Fsp3) is 0.250. The minimum atomic E-state index is -0.195. The maximum atomic E-state index is 13.1. The van der Waals surface area contributed by atoms with Gasteiger partial charge in [-0.15, -0.1) is 0 Å². The third-order valence-corrected chi connectivity index (χ3v) is 4.89. The SMILES string of the molecule is N#Cc1ccc(-c2ncc(CN)cn2)c(C(=O)c2cnn(C3CCC3)c2)c1. The van der Waals surface area contributed by atoms with Crippen LogP contribution in [-0.2, 0) is 6.54 Å². The highest BCUT2D eigenvalue weighted by Gasteiger charge is 2.23. The lowest BCUT2D eigenvalue weighted by atomic mass is 9.93. The van der Waals surface area contributed by atoms with Crippen molar-refractivity contribution in [1.82, 2.24) is 19.7 Å². The Morgan fingerprint density at radius 3 is 2.67 bits per heavy atom. The monoisotopic (exact) mass is 358 g/mol. The van der Waals surface area contributed by atoms with E-state index in [4.69, 9.17) is 5.73 Å². The summed E-state index contributed by atoms with van der Waals surface area (Å²) in [4.78, 5) is 21.8. The Balaban J connectivity index is 1.74. The highest BCUT2D eigenvalue weighted by atomic mass is 16.1. The molecule has 0 radical (unpaired) electrons. The molecule has 7 heteroatoms. The van der Waals surface area contributed by atoms with Crippen LogP contribution in [0.2, 0.25) is 0 Å². The molecule has 0 atom stereocenters. The average Bonchev–Trinajstić information content (AvgIpc) is 3.15. The van der Waals surface area contributed by atoms with E-state index < -0.39 is 0 Å². The smallest absolute Gasteiger partial charge is 0.196 e. The molecule has 27 heavy (non-hydrogen) atoms. The third-order valence-electron chi connectivity index (χ3n) is 4.89. The second-order valence-corrected chi connectivity index (χ2v) is 6.61. The molecule has 7 nitrogen and oxygen atoms in total. The number of benzene rings is 1. The first-order valence-electron chi connectivity index (χ1n) is 8.84. The summed E-state index contributed by atoms with van der Waals surface area (Å²) in [5.74, 6) is 0.227. The van der Waals surface area contributed by atoms with Crippen LogP contribution in [0, 0.1) is 11.3 Å². The number of ketones is 1. The lowest BCUT2D eigenvalue weighted by Crippen LogP contribution is -2.17.